The number of methoxy groups -OCH3 is 1. The van der Waals surface area contributed by atoms with E-state index in [4.69, 9.17) is 4.74 Å². The fourth-order valence-electron chi connectivity index (χ4n) is 3.56. The van der Waals surface area contributed by atoms with E-state index < -0.39 is 11.3 Å². The van der Waals surface area contributed by atoms with Crippen LogP contribution in [0.3, 0.4) is 0 Å². The maximum atomic E-state index is 13.0. The van der Waals surface area contributed by atoms with Crippen LogP contribution < -0.4 is 0 Å². The average molecular weight is 314 g/mol. The maximum Gasteiger partial charge on any atom is 0.317 e. The topological polar surface area (TPSA) is 43.4 Å². The number of fused-ring (bicyclic) bond motifs is 2. The molecule has 22 heavy (non-hydrogen) atoms. The zero-order valence-corrected chi connectivity index (χ0v) is 13.3. The number of ether oxygens (including phenoxy) is 1. The van der Waals surface area contributed by atoms with Crippen LogP contribution in [0, 0.1) is 11.8 Å². The van der Waals surface area contributed by atoms with E-state index in [9.17, 15) is 9.59 Å². The van der Waals surface area contributed by atoms with Crippen molar-refractivity contribution in [2.24, 2.45) is 11.8 Å². The molecule has 1 heterocycles. The number of hydrogen-bond acceptors (Lipinski definition) is 4. The van der Waals surface area contributed by atoms with Crippen molar-refractivity contribution in [3.05, 3.63) is 58.8 Å². The molecule has 1 fully saturated rings. The minimum absolute atomic E-state index is 0.0697. The zero-order valence-electron chi connectivity index (χ0n) is 12.5. The maximum absolute atomic E-state index is 13.0. The van der Waals surface area contributed by atoms with Crippen LogP contribution in [0.1, 0.15) is 18.4 Å². The van der Waals surface area contributed by atoms with Crippen LogP contribution in [0.4, 0.5) is 0 Å². The molecule has 0 spiro atoms. The molecule has 114 valence electrons. The van der Waals surface area contributed by atoms with Gasteiger partial charge < -0.3 is 4.74 Å². The van der Waals surface area contributed by atoms with E-state index in [2.05, 4.69) is 6.58 Å². The van der Waals surface area contributed by atoms with Gasteiger partial charge in [-0.3, -0.25) is 9.59 Å². The Balaban J connectivity index is 2.24. The predicted molar refractivity (Wildman–Crippen MR) is 86.7 cm³/mol. The molecule has 2 aliphatic rings. The summed E-state index contributed by atoms with van der Waals surface area (Å²) in [5.74, 6) is -1.02. The minimum atomic E-state index is -1.000. The summed E-state index contributed by atoms with van der Waals surface area (Å²) in [6, 6.07) is 1.91. The van der Waals surface area contributed by atoms with Gasteiger partial charge in [-0.25, -0.2) is 0 Å². The molecule has 0 unspecified atom stereocenters. The molecule has 1 aromatic rings. The van der Waals surface area contributed by atoms with Crippen LogP contribution in [-0.2, 0) is 19.7 Å². The quantitative estimate of drug-likeness (QED) is 0.620. The molecule has 3 nitrogen and oxygen atoms in total. The molecule has 0 radical (unpaired) electrons. The van der Waals surface area contributed by atoms with Crippen molar-refractivity contribution in [1.82, 2.24) is 0 Å². The first kappa shape index (κ1) is 15.0. The van der Waals surface area contributed by atoms with Crippen molar-refractivity contribution >= 4 is 23.1 Å². The highest BCUT2D eigenvalue weighted by atomic mass is 32.1. The van der Waals surface area contributed by atoms with E-state index in [1.54, 1.807) is 0 Å². The first-order valence-electron chi connectivity index (χ1n) is 7.26. The molecule has 0 aromatic carbocycles. The Kier molecular flexibility index (Phi) is 3.87. The van der Waals surface area contributed by atoms with Crippen molar-refractivity contribution < 1.29 is 14.3 Å². The van der Waals surface area contributed by atoms with E-state index in [1.165, 1.54) is 18.4 Å². The number of rotatable bonds is 2. The molecule has 1 aromatic heterocycles. The number of Topliss-reactive ketones (excluding diaryl/α,β-unsaturated/α-hetero) is 1. The molecular weight excluding hydrogens is 296 g/mol. The third-order valence-electron chi connectivity index (χ3n) is 4.58. The van der Waals surface area contributed by atoms with Gasteiger partial charge in [0.05, 0.1) is 13.0 Å². The van der Waals surface area contributed by atoms with E-state index in [0.29, 0.717) is 12.8 Å². The summed E-state index contributed by atoms with van der Waals surface area (Å²) < 4.78 is 5.12. The number of hydrogen-bond donors (Lipinski definition) is 0. The predicted octanol–water partition coefficient (Wildman–Crippen LogP) is 3.44. The molecule has 0 aliphatic heterocycles. The molecule has 3 atom stereocenters. The second-order valence-corrected chi connectivity index (χ2v) is 6.64. The molecule has 2 bridgehead atoms. The molecular formula is C18H18O3S. The van der Waals surface area contributed by atoms with Gasteiger partial charge in [0.15, 0.2) is 0 Å². The third-order valence-corrected chi connectivity index (χ3v) is 5.27. The van der Waals surface area contributed by atoms with E-state index >= 15 is 0 Å². The summed E-state index contributed by atoms with van der Waals surface area (Å²) in [5.41, 5.74) is 0.758. The molecule has 0 amide bonds. The largest absolute Gasteiger partial charge is 0.468 e. The molecule has 2 aliphatic carbocycles. The van der Waals surface area contributed by atoms with E-state index in [-0.39, 0.29) is 17.7 Å². The van der Waals surface area contributed by atoms with E-state index in [0.717, 1.165) is 11.1 Å². The van der Waals surface area contributed by atoms with Gasteiger partial charge in [0.25, 0.3) is 0 Å². The first-order valence-corrected chi connectivity index (χ1v) is 8.20. The zero-order chi connectivity index (χ0) is 15.7. The summed E-state index contributed by atoms with van der Waals surface area (Å²) in [4.78, 5) is 25.8. The Morgan fingerprint density at radius 2 is 2.18 bits per heavy atom. The summed E-state index contributed by atoms with van der Waals surface area (Å²) in [6.45, 7) is 4.11. The monoisotopic (exact) mass is 314 g/mol. The smallest absolute Gasteiger partial charge is 0.317 e. The van der Waals surface area contributed by atoms with Crippen molar-refractivity contribution in [1.29, 1.82) is 0 Å². The second-order valence-electron chi connectivity index (χ2n) is 5.86. The van der Waals surface area contributed by atoms with Gasteiger partial charge in [0.1, 0.15) is 11.2 Å². The van der Waals surface area contributed by atoms with Crippen molar-refractivity contribution in [2.45, 2.75) is 18.3 Å². The standard InChI is InChI=1S/C18H18O3S/c1-12-9-13-5-3-4-6-15(16(13)19)18(10-12,17(20)21-2)14-7-8-22-11-14/h3-8,11,13,15H,1,9-10H2,2H3/t13-,15-,18-/m0/s1. The normalized spacial score (nSPS) is 30.8. The van der Waals surface area contributed by atoms with Crippen LogP contribution in [0.25, 0.3) is 0 Å². The van der Waals surface area contributed by atoms with Gasteiger partial charge in [-0.15, -0.1) is 0 Å². The van der Waals surface area contributed by atoms with Crippen LogP contribution >= 0.6 is 11.3 Å². The van der Waals surface area contributed by atoms with Crippen LogP contribution in [-0.4, -0.2) is 18.9 Å². The highest BCUT2D eigenvalue weighted by molar-refractivity contribution is 7.08. The Morgan fingerprint density at radius 1 is 1.41 bits per heavy atom. The summed E-state index contributed by atoms with van der Waals surface area (Å²) in [7, 11) is 1.38. The molecule has 3 rings (SSSR count). The molecule has 0 N–H and O–H groups in total. The molecule has 0 saturated heterocycles. The number of carbonyl (C=O) groups is 2. The number of carbonyl (C=O) groups excluding carboxylic acids is 2. The Labute approximate surface area is 134 Å². The van der Waals surface area contributed by atoms with E-state index in [1.807, 2.05) is 41.1 Å². The van der Waals surface area contributed by atoms with Gasteiger partial charge in [-0.2, -0.15) is 11.3 Å². The summed E-state index contributed by atoms with van der Waals surface area (Å²) in [5, 5.41) is 3.86. The van der Waals surface area contributed by atoms with Gasteiger partial charge in [-0.05, 0) is 35.2 Å². The number of esters is 1. The highest BCUT2D eigenvalue weighted by Gasteiger charge is 2.53. The van der Waals surface area contributed by atoms with Crippen molar-refractivity contribution in [3.8, 4) is 0 Å². The van der Waals surface area contributed by atoms with Gasteiger partial charge in [0.2, 0.25) is 0 Å². The number of ketones is 1. The Hall–Kier alpha value is -1.94. The van der Waals surface area contributed by atoms with Crippen LogP contribution in [0.15, 0.2) is 53.3 Å². The van der Waals surface area contributed by atoms with Crippen LogP contribution in [0.2, 0.25) is 0 Å². The van der Waals surface area contributed by atoms with Gasteiger partial charge in [0, 0.05) is 5.92 Å². The Bertz CT molecular complexity index is 669. The average Bonchev–Trinajstić information content (AvgIpc) is 2.96. The summed E-state index contributed by atoms with van der Waals surface area (Å²) >= 11 is 1.52. The lowest BCUT2D eigenvalue weighted by atomic mass is 9.66. The third kappa shape index (κ3) is 2.18. The minimum Gasteiger partial charge on any atom is -0.468 e. The number of allylic oxidation sites excluding steroid dienone is 5. The lowest BCUT2D eigenvalue weighted by Crippen LogP contribution is -2.46. The van der Waals surface area contributed by atoms with Gasteiger partial charge in [-0.1, -0.05) is 36.5 Å². The van der Waals surface area contributed by atoms with Gasteiger partial charge >= 0.3 is 5.97 Å². The van der Waals surface area contributed by atoms with Crippen molar-refractivity contribution in [3.63, 3.8) is 0 Å². The number of thiophene rings is 1. The first-order chi connectivity index (χ1) is 10.6. The lowest BCUT2D eigenvalue weighted by Gasteiger charge is -2.34. The second kappa shape index (κ2) is 5.69. The lowest BCUT2D eigenvalue weighted by molar-refractivity contribution is -0.151. The molecule has 4 heteroatoms. The van der Waals surface area contributed by atoms with Crippen LogP contribution in [0.5, 0.6) is 0 Å². The Morgan fingerprint density at radius 3 is 2.86 bits per heavy atom. The van der Waals surface area contributed by atoms with Crippen molar-refractivity contribution in [2.75, 3.05) is 7.11 Å². The highest BCUT2D eigenvalue weighted by Crippen LogP contribution is 2.47. The summed E-state index contributed by atoms with van der Waals surface area (Å²) in [6.07, 6.45) is 8.53. The fourth-order valence-corrected chi connectivity index (χ4v) is 4.30. The SMILES string of the molecule is C=C1C[C@@H]2C=CC=C[C@@H](C2=O)[C@@](C(=O)OC)(c2ccsc2)C1. The fraction of sp³-hybridized carbons (Fsp3) is 0.333. The molecule has 1 saturated carbocycles.